The summed E-state index contributed by atoms with van der Waals surface area (Å²) in [5.41, 5.74) is 0.0935. The van der Waals surface area contributed by atoms with Gasteiger partial charge in [0.2, 0.25) is 0 Å². The van der Waals surface area contributed by atoms with Gasteiger partial charge < -0.3 is 0 Å². The average molecular weight is 183 g/mol. The molecule has 0 atom stereocenters. The van der Waals surface area contributed by atoms with Gasteiger partial charge in [-0.1, -0.05) is 0 Å². The smallest absolute Gasteiger partial charge is 0.124 e. The van der Waals surface area contributed by atoms with Gasteiger partial charge in [-0.05, 0) is 13.8 Å². The van der Waals surface area contributed by atoms with Crippen LogP contribution in [0.3, 0.4) is 0 Å². The average Bonchev–Trinajstić information content (AvgIpc) is 2.02. The van der Waals surface area contributed by atoms with Crippen LogP contribution in [-0.2, 0) is 0 Å². The zero-order valence-corrected chi connectivity index (χ0v) is 8.27. The van der Waals surface area contributed by atoms with Crippen LogP contribution < -0.4 is 0 Å². The molecule has 12 heavy (non-hydrogen) atoms. The molecule has 0 aromatic carbocycles. The molecule has 66 valence electrons. The second-order valence-corrected chi connectivity index (χ2v) is 4.47. The van der Waals surface area contributed by atoms with Gasteiger partial charge in [-0.15, -0.1) is 0 Å². The predicted molar refractivity (Wildman–Crippen MR) is 52.2 cm³/mol. The summed E-state index contributed by atoms with van der Waals surface area (Å²) in [6.45, 7) is 5.23. The first kappa shape index (κ1) is 9.40. The van der Waals surface area contributed by atoms with E-state index in [1.807, 2.05) is 22.8 Å². The highest BCUT2D eigenvalue weighted by atomic mass is 32.2. The Morgan fingerprint density at radius 1 is 1.67 bits per heavy atom. The Morgan fingerprint density at radius 3 is 3.00 bits per heavy atom. The molecule has 0 N–H and O–H groups in total. The van der Waals surface area contributed by atoms with Crippen LogP contribution in [0.5, 0.6) is 0 Å². The van der Waals surface area contributed by atoms with Gasteiger partial charge in [-0.3, -0.25) is 5.01 Å². The second-order valence-electron chi connectivity index (χ2n) is 3.36. The standard InChI is InChI=1S/C8H13N3S/c1-8(2)7-12-6-5-11(8)10-4-3-9/h4H,5-7H2,1-2H3. The fraction of sp³-hybridized carbons (Fsp3) is 0.750. The third kappa shape index (κ3) is 2.15. The molecule has 1 fully saturated rings. The van der Waals surface area contributed by atoms with Gasteiger partial charge in [-0.25, -0.2) is 0 Å². The monoisotopic (exact) mass is 183 g/mol. The summed E-state index contributed by atoms with van der Waals surface area (Å²) in [7, 11) is 0. The minimum atomic E-state index is 0.0935. The molecule has 0 bridgehead atoms. The third-order valence-electron chi connectivity index (χ3n) is 1.86. The third-order valence-corrected chi connectivity index (χ3v) is 3.24. The van der Waals surface area contributed by atoms with E-state index in [9.17, 15) is 0 Å². The number of hydrazone groups is 1. The van der Waals surface area contributed by atoms with E-state index in [0.717, 1.165) is 18.1 Å². The molecule has 0 amide bonds. The highest BCUT2D eigenvalue weighted by Crippen LogP contribution is 2.25. The number of hydrogen-bond acceptors (Lipinski definition) is 4. The number of nitrogens with zero attached hydrogens (tertiary/aromatic N) is 3. The van der Waals surface area contributed by atoms with Gasteiger partial charge in [0.15, 0.2) is 0 Å². The van der Waals surface area contributed by atoms with E-state index >= 15 is 0 Å². The van der Waals surface area contributed by atoms with Gasteiger partial charge in [0.25, 0.3) is 0 Å². The molecule has 1 heterocycles. The Hall–Kier alpha value is -0.690. The largest absolute Gasteiger partial charge is 0.289 e. The normalized spacial score (nSPS) is 22.6. The molecule has 1 saturated heterocycles. The number of hydrogen-bond donors (Lipinski definition) is 0. The molecule has 0 saturated carbocycles. The Morgan fingerprint density at radius 2 is 2.42 bits per heavy atom. The van der Waals surface area contributed by atoms with Crippen molar-refractivity contribution in [3.05, 3.63) is 0 Å². The molecular weight excluding hydrogens is 170 g/mol. The summed E-state index contributed by atoms with van der Waals surface area (Å²) in [6.07, 6.45) is 1.30. The summed E-state index contributed by atoms with van der Waals surface area (Å²) >= 11 is 1.94. The molecule has 1 aliphatic rings. The first-order valence-corrected chi connectivity index (χ1v) is 5.10. The van der Waals surface area contributed by atoms with E-state index < -0.39 is 0 Å². The minimum absolute atomic E-state index is 0.0935. The predicted octanol–water partition coefficient (Wildman–Crippen LogP) is 1.32. The summed E-state index contributed by atoms with van der Waals surface area (Å²) in [5.74, 6) is 2.18. The quantitative estimate of drug-likeness (QED) is 0.576. The fourth-order valence-corrected chi connectivity index (χ4v) is 2.25. The number of nitriles is 1. The molecule has 1 rings (SSSR count). The highest BCUT2D eigenvalue weighted by Gasteiger charge is 2.28. The van der Waals surface area contributed by atoms with Crippen LogP contribution in [0.25, 0.3) is 0 Å². The lowest BCUT2D eigenvalue weighted by Crippen LogP contribution is -2.46. The maximum atomic E-state index is 8.34. The van der Waals surface area contributed by atoms with Gasteiger partial charge in [0.05, 0.1) is 5.54 Å². The zero-order chi connectivity index (χ0) is 9.03. The van der Waals surface area contributed by atoms with E-state index in [4.69, 9.17) is 5.26 Å². The molecule has 0 spiro atoms. The topological polar surface area (TPSA) is 39.4 Å². The van der Waals surface area contributed by atoms with Crippen LogP contribution >= 0.6 is 11.8 Å². The van der Waals surface area contributed by atoms with Crippen molar-refractivity contribution in [2.75, 3.05) is 18.1 Å². The van der Waals surface area contributed by atoms with Crippen LogP contribution in [0.15, 0.2) is 5.10 Å². The first-order valence-electron chi connectivity index (χ1n) is 3.94. The van der Waals surface area contributed by atoms with E-state index in [2.05, 4.69) is 18.9 Å². The van der Waals surface area contributed by atoms with Crippen LogP contribution in [0.2, 0.25) is 0 Å². The van der Waals surface area contributed by atoms with Gasteiger partial charge in [0, 0.05) is 18.1 Å². The summed E-state index contributed by atoms with van der Waals surface area (Å²) in [6, 6.07) is 1.91. The van der Waals surface area contributed by atoms with Crippen molar-refractivity contribution >= 4 is 18.0 Å². The molecule has 4 heteroatoms. The van der Waals surface area contributed by atoms with Gasteiger partial charge in [-0.2, -0.15) is 22.1 Å². The van der Waals surface area contributed by atoms with E-state index in [-0.39, 0.29) is 5.54 Å². The molecule has 0 radical (unpaired) electrons. The van der Waals surface area contributed by atoms with Crippen LogP contribution in [0.4, 0.5) is 0 Å². The van der Waals surface area contributed by atoms with Crippen molar-refractivity contribution in [3.63, 3.8) is 0 Å². The van der Waals surface area contributed by atoms with Crippen molar-refractivity contribution in [2.45, 2.75) is 19.4 Å². The van der Waals surface area contributed by atoms with Crippen molar-refractivity contribution in [1.29, 1.82) is 5.26 Å². The fourth-order valence-electron chi connectivity index (χ4n) is 1.16. The molecule has 1 aliphatic heterocycles. The SMILES string of the molecule is CC1(C)CSCCN1N=CC#N. The van der Waals surface area contributed by atoms with Crippen molar-refractivity contribution in [1.82, 2.24) is 5.01 Å². The Kier molecular flexibility index (Phi) is 2.99. The van der Waals surface area contributed by atoms with Crippen LogP contribution in [0, 0.1) is 11.3 Å². The van der Waals surface area contributed by atoms with Gasteiger partial charge >= 0.3 is 0 Å². The maximum Gasteiger partial charge on any atom is 0.124 e. The Balaban J connectivity index is 2.61. The highest BCUT2D eigenvalue weighted by molar-refractivity contribution is 7.99. The number of rotatable bonds is 1. The van der Waals surface area contributed by atoms with Crippen molar-refractivity contribution < 1.29 is 0 Å². The molecule has 3 nitrogen and oxygen atoms in total. The van der Waals surface area contributed by atoms with E-state index in [1.54, 1.807) is 0 Å². The minimum Gasteiger partial charge on any atom is -0.289 e. The van der Waals surface area contributed by atoms with Crippen LogP contribution in [0.1, 0.15) is 13.8 Å². The van der Waals surface area contributed by atoms with Crippen molar-refractivity contribution in [2.24, 2.45) is 5.10 Å². The lowest BCUT2D eigenvalue weighted by atomic mass is 10.1. The second kappa shape index (κ2) is 3.81. The number of thioether (sulfide) groups is 1. The molecule has 0 unspecified atom stereocenters. The molecule has 0 aromatic rings. The lowest BCUT2D eigenvalue weighted by Gasteiger charge is -2.39. The summed E-state index contributed by atoms with van der Waals surface area (Å²) in [5, 5.41) is 14.4. The van der Waals surface area contributed by atoms with E-state index in [0.29, 0.717) is 0 Å². The zero-order valence-electron chi connectivity index (χ0n) is 7.45. The van der Waals surface area contributed by atoms with Gasteiger partial charge in [0.1, 0.15) is 12.3 Å². The molecular formula is C8H13N3S. The first-order chi connectivity index (χ1) is 5.67. The molecule has 0 aromatic heterocycles. The Labute approximate surface area is 77.4 Å². The summed E-state index contributed by atoms with van der Waals surface area (Å²) in [4.78, 5) is 0. The van der Waals surface area contributed by atoms with E-state index in [1.165, 1.54) is 6.21 Å². The molecule has 0 aliphatic carbocycles. The Bertz CT molecular complexity index is 217. The summed E-state index contributed by atoms with van der Waals surface area (Å²) < 4.78 is 0. The van der Waals surface area contributed by atoms with Crippen molar-refractivity contribution in [3.8, 4) is 6.07 Å². The van der Waals surface area contributed by atoms with Crippen LogP contribution in [-0.4, -0.2) is 34.8 Å². The maximum absolute atomic E-state index is 8.34. The lowest BCUT2D eigenvalue weighted by molar-refractivity contribution is 0.152.